The van der Waals surface area contributed by atoms with Crippen molar-refractivity contribution in [3.63, 3.8) is 0 Å². The SMILES string of the molecule is C/C(=C/C(=O)N(CCN(C)C)CC(=O)OC(C)(C)C)c1ccccc1. The van der Waals surface area contributed by atoms with Crippen LogP contribution in [0.3, 0.4) is 0 Å². The highest BCUT2D eigenvalue weighted by molar-refractivity contribution is 5.96. The molecule has 138 valence electrons. The number of nitrogens with zero attached hydrogens (tertiary/aromatic N) is 2. The molecule has 0 aliphatic carbocycles. The Bertz CT molecular complexity index is 601. The summed E-state index contributed by atoms with van der Waals surface area (Å²) in [5, 5.41) is 0. The summed E-state index contributed by atoms with van der Waals surface area (Å²) in [6.07, 6.45) is 1.58. The first-order valence-electron chi connectivity index (χ1n) is 8.47. The molecule has 0 radical (unpaired) electrons. The van der Waals surface area contributed by atoms with Gasteiger partial charge in [0.15, 0.2) is 0 Å². The first-order chi connectivity index (χ1) is 11.6. The summed E-state index contributed by atoms with van der Waals surface area (Å²) in [5.74, 6) is -0.584. The van der Waals surface area contributed by atoms with Crippen LogP contribution in [0.15, 0.2) is 36.4 Å². The first-order valence-corrected chi connectivity index (χ1v) is 8.47. The van der Waals surface area contributed by atoms with Gasteiger partial charge in [0.05, 0.1) is 0 Å². The number of hydrogen-bond acceptors (Lipinski definition) is 4. The van der Waals surface area contributed by atoms with E-state index in [-0.39, 0.29) is 12.5 Å². The van der Waals surface area contributed by atoms with Crippen LogP contribution in [-0.4, -0.2) is 61.0 Å². The predicted molar refractivity (Wildman–Crippen MR) is 101 cm³/mol. The van der Waals surface area contributed by atoms with E-state index in [4.69, 9.17) is 4.74 Å². The van der Waals surface area contributed by atoms with E-state index in [0.29, 0.717) is 13.1 Å². The number of benzene rings is 1. The van der Waals surface area contributed by atoms with Crippen molar-refractivity contribution in [3.05, 3.63) is 42.0 Å². The molecule has 0 heterocycles. The molecule has 0 aliphatic rings. The van der Waals surface area contributed by atoms with Crippen molar-refractivity contribution in [2.75, 3.05) is 33.7 Å². The summed E-state index contributed by atoms with van der Waals surface area (Å²) in [6, 6.07) is 9.71. The standard InChI is InChI=1S/C20H30N2O3/c1-16(17-10-8-7-9-11-17)14-18(23)22(13-12-21(5)6)15-19(24)25-20(2,3)4/h7-11,14H,12-13,15H2,1-6H3/b16-14-. The minimum Gasteiger partial charge on any atom is -0.459 e. The van der Waals surface area contributed by atoms with Gasteiger partial charge in [-0.3, -0.25) is 9.59 Å². The molecule has 1 aromatic carbocycles. The molecule has 5 heteroatoms. The van der Waals surface area contributed by atoms with Crippen molar-refractivity contribution in [2.24, 2.45) is 0 Å². The lowest BCUT2D eigenvalue weighted by atomic mass is 10.1. The predicted octanol–water partition coefficient (Wildman–Crippen LogP) is 2.82. The Labute approximate surface area is 151 Å². The van der Waals surface area contributed by atoms with Gasteiger partial charge in [-0.2, -0.15) is 0 Å². The van der Waals surface area contributed by atoms with E-state index in [9.17, 15) is 9.59 Å². The zero-order chi connectivity index (χ0) is 19.0. The quantitative estimate of drug-likeness (QED) is 0.563. The number of ether oxygens (including phenoxy) is 1. The average Bonchev–Trinajstić information content (AvgIpc) is 2.50. The molecule has 0 saturated carbocycles. The molecule has 0 unspecified atom stereocenters. The molecule has 1 aromatic rings. The zero-order valence-corrected chi connectivity index (χ0v) is 16.2. The number of carbonyl (C=O) groups excluding carboxylic acids is 2. The second-order valence-electron chi connectivity index (χ2n) is 7.34. The van der Waals surface area contributed by atoms with Crippen LogP contribution in [0, 0.1) is 0 Å². The van der Waals surface area contributed by atoms with Gasteiger partial charge in [-0.1, -0.05) is 30.3 Å². The lowest BCUT2D eigenvalue weighted by Gasteiger charge is -2.25. The van der Waals surface area contributed by atoms with Crippen molar-refractivity contribution < 1.29 is 14.3 Å². The summed E-state index contributed by atoms with van der Waals surface area (Å²) in [7, 11) is 3.86. The normalized spacial score (nSPS) is 12.2. The summed E-state index contributed by atoms with van der Waals surface area (Å²) >= 11 is 0. The summed E-state index contributed by atoms with van der Waals surface area (Å²) < 4.78 is 5.35. The van der Waals surface area contributed by atoms with E-state index in [1.807, 2.05) is 77.0 Å². The summed E-state index contributed by atoms with van der Waals surface area (Å²) in [4.78, 5) is 28.3. The number of carbonyl (C=O) groups is 2. The maximum Gasteiger partial charge on any atom is 0.326 e. The monoisotopic (exact) mass is 346 g/mol. The van der Waals surface area contributed by atoms with Crippen molar-refractivity contribution >= 4 is 17.4 Å². The Balaban J connectivity index is 2.87. The van der Waals surface area contributed by atoms with Gasteiger partial charge in [0, 0.05) is 19.2 Å². The summed E-state index contributed by atoms with van der Waals surface area (Å²) in [5.41, 5.74) is 1.29. The minimum atomic E-state index is -0.566. The molecule has 0 spiro atoms. The molecule has 0 bridgehead atoms. The zero-order valence-electron chi connectivity index (χ0n) is 16.2. The van der Waals surface area contributed by atoms with Gasteiger partial charge >= 0.3 is 5.97 Å². The fraction of sp³-hybridized carbons (Fsp3) is 0.500. The largest absolute Gasteiger partial charge is 0.459 e. The Morgan fingerprint density at radius 2 is 1.68 bits per heavy atom. The number of hydrogen-bond donors (Lipinski definition) is 0. The van der Waals surface area contributed by atoms with E-state index in [2.05, 4.69) is 0 Å². The topological polar surface area (TPSA) is 49.9 Å². The Morgan fingerprint density at radius 1 is 1.08 bits per heavy atom. The third-order valence-electron chi connectivity index (χ3n) is 3.44. The van der Waals surface area contributed by atoms with Crippen LogP contribution >= 0.6 is 0 Å². The molecule has 1 amide bonds. The second-order valence-corrected chi connectivity index (χ2v) is 7.34. The van der Waals surface area contributed by atoms with Gasteiger partial charge in [-0.15, -0.1) is 0 Å². The van der Waals surface area contributed by atoms with Gasteiger partial charge in [0.1, 0.15) is 12.1 Å². The maximum atomic E-state index is 12.7. The van der Waals surface area contributed by atoms with Crippen LogP contribution in [0.1, 0.15) is 33.3 Å². The molecule has 1 rings (SSSR count). The molecule has 0 fully saturated rings. The Morgan fingerprint density at radius 3 is 2.20 bits per heavy atom. The number of allylic oxidation sites excluding steroid dienone is 1. The van der Waals surface area contributed by atoms with E-state index in [1.165, 1.54) is 4.90 Å². The van der Waals surface area contributed by atoms with E-state index in [0.717, 1.165) is 11.1 Å². The van der Waals surface area contributed by atoms with Gasteiger partial charge < -0.3 is 14.5 Å². The van der Waals surface area contributed by atoms with Crippen LogP contribution in [0.5, 0.6) is 0 Å². The van der Waals surface area contributed by atoms with E-state index in [1.54, 1.807) is 6.08 Å². The highest BCUT2D eigenvalue weighted by atomic mass is 16.6. The Hall–Kier alpha value is -2.14. The van der Waals surface area contributed by atoms with E-state index >= 15 is 0 Å². The lowest BCUT2D eigenvalue weighted by Crippen LogP contribution is -2.41. The molecule has 0 N–H and O–H groups in total. The number of esters is 1. The minimum absolute atomic E-state index is 0.0531. The Kier molecular flexibility index (Phi) is 7.84. The molecule has 0 saturated heterocycles. The van der Waals surface area contributed by atoms with E-state index < -0.39 is 11.6 Å². The van der Waals surface area contributed by atoms with Crippen LogP contribution in [0.4, 0.5) is 0 Å². The van der Waals surface area contributed by atoms with Gasteiger partial charge in [-0.05, 0) is 52.9 Å². The maximum absolute atomic E-state index is 12.7. The highest BCUT2D eigenvalue weighted by Gasteiger charge is 2.21. The molecular formula is C20H30N2O3. The van der Waals surface area contributed by atoms with Crippen LogP contribution in [-0.2, 0) is 14.3 Å². The fourth-order valence-electron chi connectivity index (χ4n) is 2.18. The third kappa shape index (κ3) is 8.49. The first kappa shape index (κ1) is 20.9. The van der Waals surface area contributed by atoms with Gasteiger partial charge in [0.25, 0.3) is 0 Å². The van der Waals surface area contributed by atoms with Crippen molar-refractivity contribution in [2.45, 2.75) is 33.3 Å². The van der Waals surface area contributed by atoms with Crippen LogP contribution < -0.4 is 0 Å². The molecule has 5 nitrogen and oxygen atoms in total. The molecular weight excluding hydrogens is 316 g/mol. The van der Waals surface area contributed by atoms with Crippen molar-refractivity contribution in [3.8, 4) is 0 Å². The van der Waals surface area contributed by atoms with Gasteiger partial charge in [-0.25, -0.2) is 0 Å². The summed E-state index contributed by atoms with van der Waals surface area (Å²) in [6.45, 7) is 8.42. The molecule has 0 aromatic heterocycles. The van der Waals surface area contributed by atoms with Gasteiger partial charge in [0.2, 0.25) is 5.91 Å². The number of amides is 1. The van der Waals surface area contributed by atoms with Crippen LogP contribution in [0.25, 0.3) is 5.57 Å². The number of rotatable bonds is 7. The molecule has 25 heavy (non-hydrogen) atoms. The smallest absolute Gasteiger partial charge is 0.326 e. The molecule has 0 aliphatic heterocycles. The fourth-order valence-corrected chi connectivity index (χ4v) is 2.18. The second kappa shape index (κ2) is 9.37. The highest BCUT2D eigenvalue weighted by Crippen LogP contribution is 2.14. The van der Waals surface area contributed by atoms with Crippen LogP contribution in [0.2, 0.25) is 0 Å². The molecule has 0 atom stereocenters. The van der Waals surface area contributed by atoms with Crippen molar-refractivity contribution in [1.29, 1.82) is 0 Å². The third-order valence-corrected chi connectivity index (χ3v) is 3.44. The number of likely N-dealkylation sites (N-methyl/N-ethyl adjacent to an activating group) is 1. The van der Waals surface area contributed by atoms with Crippen molar-refractivity contribution in [1.82, 2.24) is 9.80 Å². The lowest BCUT2D eigenvalue weighted by molar-refractivity contribution is -0.158. The average molecular weight is 346 g/mol.